The number of pyridine rings is 1. The zero-order valence-corrected chi connectivity index (χ0v) is 29.7. The van der Waals surface area contributed by atoms with Crippen LogP contribution in [0.15, 0.2) is 152 Å². The molecule has 0 unspecified atom stereocenters. The molecule has 0 atom stereocenters. The highest BCUT2D eigenvalue weighted by atomic mass is 32.1. The van der Waals surface area contributed by atoms with Gasteiger partial charge in [-0.2, -0.15) is 0 Å². The smallest absolute Gasteiger partial charge is 0.160 e. The first-order valence-corrected chi connectivity index (χ1v) is 18.6. The number of thiophene rings is 1. The van der Waals surface area contributed by atoms with Crippen LogP contribution in [0.25, 0.3) is 94.5 Å². The molecule has 0 aliphatic heterocycles. The van der Waals surface area contributed by atoms with Crippen LogP contribution >= 0.6 is 11.3 Å². The molecule has 0 saturated heterocycles. The van der Waals surface area contributed by atoms with Crippen LogP contribution in [0, 0.1) is 0 Å². The van der Waals surface area contributed by atoms with Crippen LogP contribution in [-0.2, 0) is 0 Å². The van der Waals surface area contributed by atoms with E-state index in [-0.39, 0.29) is 0 Å². The van der Waals surface area contributed by atoms with Gasteiger partial charge in [-0.05, 0) is 59.0 Å². The van der Waals surface area contributed by atoms with Crippen molar-refractivity contribution >= 4 is 60.8 Å². The Hall–Kier alpha value is -6.23. The summed E-state index contributed by atoms with van der Waals surface area (Å²) in [4.78, 5) is 15.7. The lowest BCUT2D eigenvalue weighted by atomic mass is 9.95. The fourth-order valence-electron chi connectivity index (χ4n) is 7.36. The second-order valence-electron chi connectivity index (χ2n) is 13.0. The maximum absolute atomic E-state index is 5.58. The highest BCUT2D eigenvalue weighted by Gasteiger charge is 2.19. The first kappa shape index (κ1) is 31.7. The molecule has 8 aromatic rings. The van der Waals surface area contributed by atoms with Crippen LogP contribution in [-0.4, -0.2) is 15.0 Å². The summed E-state index contributed by atoms with van der Waals surface area (Å²) in [6.07, 6.45) is 15.0. The van der Waals surface area contributed by atoms with Gasteiger partial charge in [0.15, 0.2) is 5.82 Å². The molecule has 3 heterocycles. The lowest BCUT2D eigenvalue weighted by Crippen LogP contribution is -2.18. The van der Waals surface area contributed by atoms with E-state index >= 15 is 0 Å². The Bertz CT molecular complexity index is 2850. The Morgan fingerprint density at radius 2 is 1.40 bits per heavy atom. The molecule has 3 nitrogen and oxygen atoms in total. The van der Waals surface area contributed by atoms with Crippen molar-refractivity contribution in [3.05, 3.63) is 168 Å². The van der Waals surface area contributed by atoms with Crippen molar-refractivity contribution in [2.24, 2.45) is 0 Å². The summed E-state index contributed by atoms with van der Waals surface area (Å²) in [6, 6.07) is 42.8. The van der Waals surface area contributed by atoms with Gasteiger partial charge < -0.3 is 0 Å². The molecule has 4 heteroatoms. The third-order valence-corrected chi connectivity index (χ3v) is 11.1. The standard InChI is InChI=1S/C48H35N3S/c1-3-15-43-36(4-2)44-46(39-24-13-21-31-16-11-12-22-37(31)39)51-45-38(23-14-25-40(45)47(44)52-43)32-26-28-34(29-27-32)42-30-41(33-17-7-5-8-18-33)49-48(50-42)35-19-9-6-10-20-35/h3-4,6-7,9-30H,1,5,8H2,2H3/b36-4+,43-15+. The molecule has 9 rings (SSSR count). The summed E-state index contributed by atoms with van der Waals surface area (Å²) in [5.74, 6) is 0.730. The zero-order valence-electron chi connectivity index (χ0n) is 28.9. The van der Waals surface area contributed by atoms with Crippen molar-refractivity contribution in [3.8, 4) is 45.0 Å². The van der Waals surface area contributed by atoms with Gasteiger partial charge in [0.25, 0.3) is 0 Å². The summed E-state index contributed by atoms with van der Waals surface area (Å²) >= 11 is 1.81. The SMILES string of the molecule is C=C/C=c1/sc2c(c(-c3cccc4ccccc34)nc3c(-c4ccc(-c5cc(C6=CCCC=C6)nc(-c6ccccc6)n5)cc4)cccc32)/c1=C/C. The molecule has 5 aromatic carbocycles. The van der Waals surface area contributed by atoms with Gasteiger partial charge in [-0.1, -0.05) is 152 Å². The molecular weight excluding hydrogens is 651 g/mol. The molecular formula is C48H35N3S. The van der Waals surface area contributed by atoms with Gasteiger partial charge in [-0.3, -0.25) is 0 Å². The molecule has 1 aliphatic carbocycles. The van der Waals surface area contributed by atoms with Crippen LogP contribution in [0.5, 0.6) is 0 Å². The molecule has 0 N–H and O–H groups in total. The van der Waals surface area contributed by atoms with Crippen molar-refractivity contribution in [2.45, 2.75) is 19.8 Å². The second-order valence-corrected chi connectivity index (χ2v) is 14.1. The molecule has 0 radical (unpaired) electrons. The van der Waals surface area contributed by atoms with Gasteiger partial charge in [0, 0.05) is 42.3 Å². The van der Waals surface area contributed by atoms with Gasteiger partial charge in [-0.15, -0.1) is 11.3 Å². The molecule has 0 amide bonds. The average molecular weight is 686 g/mol. The number of hydrogen-bond acceptors (Lipinski definition) is 4. The molecule has 1 aliphatic rings. The largest absolute Gasteiger partial charge is 0.246 e. The van der Waals surface area contributed by atoms with Gasteiger partial charge in [0.1, 0.15) is 0 Å². The third kappa shape index (κ3) is 5.58. The topological polar surface area (TPSA) is 38.7 Å². The summed E-state index contributed by atoms with van der Waals surface area (Å²) in [6.45, 7) is 6.14. The van der Waals surface area contributed by atoms with Gasteiger partial charge in [0.05, 0.1) is 22.6 Å². The highest BCUT2D eigenvalue weighted by molar-refractivity contribution is 7.18. The third-order valence-electron chi connectivity index (χ3n) is 9.86. The van der Waals surface area contributed by atoms with E-state index in [2.05, 4.69) is 147 Å². The van der Waals surface area contributed by atoms with E-state index < -0.39 is 0 Å². The molecule has 0 spiro atoms. The van der Waals surface area contributed by atoms with Crippen LogP contribution < -0.4 is 9.75 Å². The molecule has 52 heavy (non-hydrogen) atoms. The Morgan fingerprint density at radius 1 is 0.673 bits per heavy atom. The van der Waals surface area contributed by atoms with E-state index in [4.69, 9.17) is 15.0 Å². The first-order valence-electron chi connectivity index (χ1n) is 17.7. The minimum Gasteiger partial charge on any atom is -0.246 e. The number of rotatable bonds is 6. The minimum atomic E-state index is 0.730. The molecule has 3 aromatic heterocycles. The number of aromatic nitrogens is 3. The van der Waals surface area contributed by atoms with Crippen LogP contribution in [0.4, 0.5) is 0 Å². The number of allylic oxidation sites excluding steroid dienone is 5. The monoisotopic (exact) mass is 685 g/mol. The second kappa shape index (κ2) is 13.5. The van der Waals surface area contributed by atoms with Crippen molar-refractivity contribution in [1.29, 1.82) is 0 Å². The van der Waals surface area contributed by atoms with E-state index in [1.54, 1.807) is 0 Å². The lowest BCUT2D eigenvalue weighted by Gasteiger charge is -2.14. The lowest BCUT2D eigenvalue weighted by molar-refractivity contribution is 1.03. The number of hydrogen-bond donors (Lipinski definition) is 0. The van der Waals surface area contributed by atoms with E-state index in [9.17, 15) is 0 Å². The summed E-state index contributed by atoms with van der Waals surface area (Å²) < 4.78 is 2.43. The Balaban J connectivity index is 1.23. The van der Waals surface area contributed by atoms with Crippen LogP contribution in [0.3, 0.4) is 0 Å². The number of benzene rings is 5. The van der Waals surface area contributed by atoms with Crippen molar-refractivity contribution < 1.29 is 0 Å². The Labute approximate surface area is 307 Å². The Kier molecular flexibility index (Phi) is 8.22. The van der Waals surface area contributed by atoms with E-state index in [0.29, 0.717) is 0 Å². The van der Waals surface area contributed by atoms with Gasteiger partial charge in [-0.25, -0.2) is 15.0 Å². The zero-order chi connectivity index (χ0) is 35.0. The van der Waals surface area contributed by atoms with E-state index in [1.807, 2.05) is 35.6 Å². The Morgan fingerprint density at radius 3 is 2.21 bits per heavy atom. The van der Waals surface area contributed by atoms with Crippen molar-refractivity contribution in [1.82, 2.24) is 15.0 Å². The average Bonchev–Trinajstić information content (AvgIpc) is 3.59. The van der Waals surface area contributed by atoms with Crippen molar-refractivity contribution in [2.75, 3.05) is 0 Å². The maximum Gasteiger partial charge on any atom is 0.160 e. The molecule has 248 valence electrons. The van der Waals surface area contributed by atoms with Gasteiger partial charge >= 0.3 is 0 Å². The summed E-state index contributed by atoms with van der Waals surface area (Å²) in [7, 11) is 0. The van der Waals surface area contributed by atoms with Crippen molar-refractivity contribution in [3.63, 3.8) is 0 Å². The minimum absolute atomic E-state index is 0.730. The fourth-order valence-corrected chi connectivity index (χ4v) is 8.66. The first-order chi connectivity index (χ1) is 25.7. The van der Waals surface area contributed by atoms with Crippen LogP contribution in [0.1, 0.15) is 25.5 Å². The number of nitrogens with zero attached hydrogens (tertiary/aromatic N) is 3. The number of fused-ring (bicyclic) bond motifs is 4. The highest BCUT2D eigenvalue weighted by Crippen LogP contribution is 2.39. The van der Waals surface area contributed by atoms with Crippen LogP contribution in [0.2, 0.25) is 0 Å². The van der Waals surface area contributed by atoms with E-state index in [1.165, 1.54) is 30.6 Å². The summed E-state index contributed by atoms with van der Waals surface area (Å²) in [5, 5.41) is 5.94. The predicted octanol–water partition coefficient (Wildman–Crippen LogP) is 11.6. The maximum atomic E-state index is 5.58. The molecule has 0 bridgehead atoms. The molecule has 0 saturated carbocycles. The normalized spacial score (nSPS) is 13.7. The molecule has 0 fully saturated rings. The number of para-hydroxylation sites is 1. The quantitative estimate of drug-likeness (QED) is 0.175. The van der Waals surface area contributed by atoms with E-state index in [0.717, 1.165) is 80.0 Å². The fraction of sp³-hybridized carbons (Fsp3) is 0.0625. The summed E-state index contributed by atoms with van der Waals surface area (Å²) in [5.41, 5.74) is 10.4. The predicted molar refractivity (Wildman–Crippen MR) is 222 cm³/mol. The van der Waals surface area contributed by atoms with Gasteiger partial charge in [0.2, 0.25) is 0 Å².